The number of piperidine rings is 1. The number of sulfonamides is 1. The molecule has 0 spiro atoms. The molecule has 1 aliphatic heterocycles. The van der Waals surface area contributed by atoms with Gasteiger partial charge in [0.1, 0.15) is 0 Å². The summed E-state index contributed by atoms with van der Waals surface area (Å²) in [7, 11) is -3.21. The summed E-state index contributed by atoms with van der Waals surface area (Å²) in [6.45, 7) is 8.56. The molecular formula is C20H31F2N5O2S. The van der Waals surface area contributed by atoms with Crippen LogP contribution in [0.1, 0.15) is 64.6 Å². The highest BCUT2D eigenvalue weighted by atomic mass is 32.2. The van der Waals surface area contributed by atoms with E-state index in [-0.39, 0.29) is 23.2 Å². The molecule has 7 nitrogen and oxygen atoms in total. The SMILES string of the molecule is CCC(C)C(C)=N/C=C(\C)c1nc(NC2CCN(S(C)(=O)=O)CC2)ncc1C(F)F. The van der Waals surface area contributed by atoms with Crippen molar-refractivity contribution >= 4 is 27.3 Å². The Hall–Kier alpha value is -1.94. The zero-order valence-electron chi connectivity index (χ0n) is 18.2. The van der Waals surface area contributed by atoms with Gasteiger partial charge in [-0.15, -0.1) is 0 Å². The van der Waals surface area contributed by atoms with Gasteiger partial charge in [0.25, 0.3) is 6.43 Å². The van der Waals surface area contributed by atoms with Gasteiger partial charge in [-0.3, -0.25) is 4.99 Å². The first-order valence-electron chi connectivity index (χ1n) is 10.1. The fourth-order valence-electron chi connectivity index (χ4n) is 3.13. The molecule has 168 valence electrons. The van der Waals surface area contributed by atoms with Gasteiger partial charge in [0.05, 0.1) is 17.5 Å². The summed E-state index contributed by atoms with van der Waals surface area (Å²) >= 11 is 0. The summed E-state index contributed by atoms with van der Waals surface area (Å²) in [6.07, 6.45) is 3.35. The van der Waals surface area contributed by atoms with E-state index in [2.05, 4.69) is 34.1 Å². The number of hydrogen-bond donors (Lipinski definition) is 1. The Morgan fingerprint density at radius 2 is 2.00 bits per heavy atom. The van der Waals surface area contributed by atoms with E-state index in [1.54, 1.807) is 13.1 Å². The van der Waals surface area contributed by atoms with Crippen LogP contribution in [0.15, 0.2) is 17.4 Å². The van der Waals surface area contributed by atoms with Crippen LogP contribution in [0.3, 0.4) is 0 Å². The lowest BCUT2D eigenvalue weighted by molar-refractivity contribution is 0.150. The van der Waals surface area contributed by atoms with Gasteiger partial charge in [-0.1, -0.05) is 13.8 Å². The first-order chi connectivity index (χ1) is 14.0. The molecule has 1 aromatic rings. The third-order valence-corrected chi connectivity index (χ3v) is 6.77. The zero-order valence-corrected chi connectivity index (χ0v) is 19.0. The van der Waals surface area contributed by atoms with Crippen LogP contribution in [-0.2, 0) is 10.0 Å². The number of rotatable bonds is 8. The normalized spacial score (nSPS) is 18.7. The Balaban J connectivity index is 2.20. The van der Waals surface area contributed by atoms with Gasteiger partial charge in [-0.25, -0.2) is 31.5 Å². The van der Waals surface area contributed by atoms with E-state index in [0.717, 1.165) is 18.3 Å². The van der Waals surface area contributed by atoms with Crippen LogP contribution in [0.5, 0.6) is 0 Å². The second-order valence-electron chi connectivity index (χ2n) is 7.77. The molecule has 1 aliphatic rings. The fourth-order valence-corrected chi connectivity index (χ4v) is 4.01. The van der Waals surface area contributed by atoms with Crippen molar-refractivity contribution in [1.29, 1.82) is 0 Å². The molecule has 0 radical (unpaired) electrons. The maximum atomic E-state index is 13.5. The van der Waals surface area contributed by atoms with Crippen LogP contribution in [-0.4, -0.2) is 53.8 Å². The summed E-state index contributed by atoms with van der Waals surface area (Å²) < 4.78 is 51.7. The van der Waals surface area contributed by atoms with Crippen molar-refractivity contribution in [1.82, 2.24) is 14.3 Å². The van der Waals surface area contributed by atoms with Gasteiger partial charge in [0.2, 0.25) is 16.0 Å². The second-order valence-corrected chi connectivity index (χ2v) is 9.75. The predicted molar refractivity (Wildman–Crippen MR) is 116 cm³/mol. The molecule has 1 fully saturated rings. The summed E-state index contributed by atoms with van der Waals surface area (Å²) in [4.78, 5) is 12.8. The predicted octanol–water partition coefficient (Wildman–Crippen LogP) is 4.12. The van der Waals surface area contributed by atoms with Crippen LogP contribution in [0.2, 0.25) is 0 Å². The summed E-state index contributed by atoms with van der Waals surface area (Å²) in [5.41, 5.74) is 1.39. The highest BCUT2D eigenvalue weighted by Gasteiger charge is 2.26. The molecule has 0 aliphatic carbocycles. The third kappa shape index (κ3) is 6.53. The summed E-state index contributed by atoms with van der Waals surface area (Å²) in [5, 5.41) is 3.15. The molecule has 0 saturated carbocycles. The standard InChI is InChI=1S/C20H31F2N5O2S/c1-6-13(2)15(4)23-11-14(3)18-17(19(21)22)12-24-20(26-18)25-16-7-9-27(10-8-16)30(5,28)29/h11-13,16,19H,6-10H2,1-5H3,(H,24,25,26)/b14-11+,23-15?. The lowest BCUT2D eigenvalue weighted by Crippen LogP contribution is -2.42. The van der Waals surface area contributed by atoms with Crippen LogP contribution >= 0.6 is 0 Å². The van der Waals surface area contributed by atoms with Crippen LogP contribution < -0.4 is 5.32 Å². The van der Waals surface area contributed by atoms with Gasteiger partial charge in [0.15, 0.2) is 0 Å². The molecule has 1 saturated heterocycles. The number of nitrogens with zero attached hydrogens (tertiary/aromatic N) is 4. The van der Waals surface area contributed by atoms with Gasteiger partial charge < -0.3 is 5.32 Å². The summed E-state index contributed by atoms with van der Waals surface area (Å²) in [6, 6.07) is -0.0248. The largest absolute Gasteiger partial charge is 0.351 e. The molecule has 10 heteroatoms. The smallest absolute Gasteiger partial charge is 0.267 e. The minimum absolute atomic E-state index is 0.0248. The maximum Gasteiger partial charge on any atom is 0.267 e. The highest BCUT2D eigenvalue weighted by Crippen LogP contribution is 2.27. The van der Waals surface area contributed by atoms with Crippen LogP contribution in [0.4, 0.5) is 14.7 Å². The van der Waals surface area contributed by atoms with E-state index in [1.807, 2.05) is 6.92 Å². The van der Waals surface area contributed by atoms with Crippen molar-refractivity contribution in [3.05, 3.63) is 23.7 Å². The number of nitrogens with one attached hydrogen (secondary N) is 1. The first kappa shape index (κ1) is 24.3. The fraction of sp³-hybridized carbons (Fsp3) is 0.650. The highest BCUT2D eigenvalue weighted by molar-refractivity contribution is 7.88. The third-order valence-electron chi connectivity index (χ3n) is 5.47. The molecule has 1 N–H and O–H groups in total. The van der Waals surface area contributed by atoms with Crippen LogP contribution in [0, 0.1) is 5.92 Å². The minimum atomic E-state index is -3.21. The number of allylic oxidation sites excluding steroid dienone is 1. The van der Waals surface area contributed by atoms with Crippen molar-refractivity contribution in [3.63, 3.8) is 0 Å². The number of hydrogen-bond acceptors (Lipinski definition) is 6. The zero-order chi connectivity index (χ0) is 22.5. The van der Waals surface area contributed by atoms with E-state index in [9.17, 15) is 17.2 Å². The lowest BCUT2D eigenvalue weighted by atomic mass is 10.0. The van der Waals surface area contributed by atoms with Crippen LogP contribution in [0.25, 0.3) is 5.57 Å². The van der Waals surface area contributed by atoms with Gasteiger partial charge >= 0.3 is 0 Å². The van der Waals surface area contributed by atoms with Crippen molar-refractivity contribution in [2.75, 3.05) is 24.7 Å². The number of halogens is 2. The van der Waals surface area contributed by atoms with Crippen molar-refractivity contribution < 1.29 is 17.2 Å². The second kappa shape index (κ2) is 10.4. The quantitative estimate of drug-likeness (QED) is 0.611. The van der Waals surface area contributed by atoms with E-state index in [1.165, 1.54) is 10.6 Å². The molecule has 30 heavy (non-hydrogen) atoms. The first-order valence-corrected chi connectivity index (χ1v) is 12.0. The Morgan fingerprint density at radius 1 is 1.37 bits per heavy atom. The molecule has 0 amide bonds. The Labute approximate surface area is 177 Å². The Morgan fingerprint density at radius 3 is 2.53 bits per heavy atom. The van der Waals surface area contributed by atoms with Gasteiger partial charge in [-0.2, -0.15) is 0 Å². The number of aromatic nitrogens is 2. The monoisotopic (exact) mass is 443 g/mol. The Kier molecular flexibility index (Phi) is 8.42. The molecule has 2 heterocycles. The topological polar surface area (TPSA) is 87.5 Å². The number of alkyl halides is 2. The van der Waals surface area contributed by atoms with Crippen molar-refractivity contribution in [2.45, 2.75) is 59.4 Å². The van der Waals surface area contributed by atoms with E-state index in [0.29, 0.717) is 37.4 Å². The maximum absolute atomic E-state index is 13.5. The van der Waals surface area contributed by atoms with E-state index in [4.69, 9.17) is 0 Å². The molecule has 1 aromatic heterocycles. The van der Waals surface area contributed by atoms with E-state index < -0.39 is 16.4 Å². The number of aliphatic imine (C=N–C) groups is 1. The molecule has 0 bridgehead atoms. The Bertz CT molecular complexity index is 894. The molecule has 1 unspecified atom stereocenters. The minimum Gasteiger partial charge on any atom is -0.351 e. The molecule has 2 rings (SSSR count). The molecule has 0 aromatic carbocycles. The average molecular weight is 444 g/mol. The van der Waals surface area contributed by atoms with E-state index >= 15 is 0 Å². The summed E-state index contributed by atoms with van der Waals surface area (Å²) in [5.74, 6) is 0.562. The van der Waals surface area contributed by atoms with Gasteiger partial charge in [0, 0.05) is 37.2 Å². The average Bonchev–Trinajstić information content (AvgIpc) is 2.70. The molecule has 1 atom stereocenters. The lowest BCUT2D eigenvalue weighted by Gasteiger charge is -2.30. The number of anilines is 1. The van der Waals surface area contributed by atoms with Crippen molar-refractivity contribution in [2.24, 2.45) is 10.9 Å². The van der Waals surface area contributed by atoms with Gasteiger partial charge in [-0.05, 0) is 44.6 Å². The molecular weight excluding hydrogens is 412 g/mol. The van der Waals surface area contributed by atoms with Crippen molar-refractivity contribution in [3.8, 4) is 0 Å².